The molecule has 1 aliphatic rings. The first-order valence-electron chi connectivity index (χ1n) is 10.2. The number of hydrogen-bond donors (Lipinski definition) is 0. The number of methoxy groups -OCH3 is 1. The SMILES string of the molecule is COC(=O)[C@H]1CC[C@H](O[Si](c2ccccc2)(c2ccccc2)C(C)(C)C)CC1. The Labute approximate surface area is 170 Å². The molecule has 0 amide bonds. The van der Waals surface area contributed by atoms with Crippen LogP contribution in [-0.4, -0.2) is 27.5 Å². The van der Waals surface area contributed by atoms with Gasteiger partial charge in [0.05, 0.1) is 13.0 Å². The van der Waals surface area contributed by atoms with Gasteiger partial charge in [0.1, 0.15) is 0 Å². The zero-order valence-electron chi connectivity index (χ0n) is 17.5. The fraction of sp³-hybridized carbons (Fsp3) is 0.458. The summed E-state index contributed by atoms with van der Waals surface area (Å²) in [6.45, 7) is 6.91. The third-order valence-electron chi connectivity index (χ3n) is 5.97. The summed E-state index contributed by atoms with van der Waals surface area (Å²) in [5, 5.41) is 2.60. The Kier molecular flexibility index (Phi) is 6.41. The normalized spacial score (nSPS) is 20.6. The van der Waals surface area contributed by atoms with Crippen molar-refractivity contribution in [1.29, 1.82) is 0 Å². The van der Waals surface area contributed by atoms with E-state index in [1.807, 2.05) is 0 Å². The van der Waals surface area contributed by atoms with Gasteiger partial charge in [0, 0.05) is 6.10 Å². The minimum Gasteiger partial charge on any atom is -0.469 e. The Balaban J connectivity index is 1.97. The summed E-state index contributed by atoms with van der Waals surface area (Å²) in [4.78, 5) is 11.9. The minimum absolute atomic E-state index is 0.0176. The van der Waals surface area contributed by atoms with E-state index in [4.69, 9.17) is 9.16 Å². The van der Waals surface area contributed by atoms with Crippen LogP contribution in [0.4, 0.5) is 0 Å². The number of carbonyl (C=O) groups excluding carboxylic acids is 1. The van der Waals surface area contributed by atoms with Gasteiger partial charge in [-0.1, -0.05) is 81.4 Å². The summed E-state index contributed by atoms with van der Waals surface area (Å²) in [7, 11) is -1.03. The Morgan fingerprint density at radius 2 is 1.32 bits per heavy atom. The van der Waals surface area contributed by atoms with Crippen molar-refractivity contribution in [2.45, 2.75) is 57.6 Å². The minimum atomic E-state index is -2.51. The van der Waals surface area contributed by atoms with Crippen LogP contribution < -0.4 is 10.4 Å². The van der Waals surface area contributed by atoms with Gasteiger partial charge < -0.3 is 9.16 Å². The molecular formula is C24H32O3Si. The third-order valence-corrected chi connectivity index (χ3v) is 11.1. The molecule has 28 heavy (non-hydrogen) atoms. The number of carbonyl (C=O) groups is 1. The molecular weight excluding hydrogens is 364 g/mol. The number of esters is 1. The maximum atomic E-state index is 11.9. The van der Waals surface area contributed by atoms with Crippen LogP contribution in [0.15, 0.2) is 60.7 Å². The third kappa shape index (κ3) is 4.08. The zero-order valence-corrected chi connectivity index (χ0v) is 18.5. The van der Waals surface area contributed by atoms with E-state index in [0.29, 0.717) is 0 Å². The topological polar surface area (TPSA) is 35.5 Å². The quantitative estimate of drug-likeness (QED) is 0.558. The highest BCUT2D eigenvalue weighted by Gasteiger charge is 2.51. The van der Waals surface area contributed by atoms with E-state index in [-0.39, 0.29) is 23.0 Å². The second-order valence-electron chi connectivity index (χ2n) is 8.78. The molecule has 2 aromatic rings. The Hall–Kier alpha value is -1.91. The molecule has 4 heteroatoms. The van der Waals surface area contributed by atoms with Crippen molar-refractivity contribution in [3.05, 3.63) is 60.7 Å². The molecule has 0 radical (unpaired) electrons. The molecule has 0 spiro atoms. The highest BCUT2D eigenvalue weighted by atomic mass is 28.4. The lowest BCUT2D eigenvalue weighted by Gasteiger charge is -2.46. The van der Waals surface area contributed by atoms with E-state index < -0.39 is 8.32 Å². The monoisotopic (exact) mass is 396 g/mol. The van der Waals surface area contributed by atoms with Crippen LogP contribution in [0, 0.1) is 5.92 Å². The molecule has 2 aromatic carbocycles. The van der Waals surface area contributed by atoms with Crippen LogP contribution in [0.25, 0.3) is 0 Å². The van der Waals surface area contributed by atoms with Crippen molar-refractivity contribution >= 4 is 24.7 Å². The first kappa shape index (κ1) is 20.8. The van der Waals surface area contributed by atoms with Crippen molar-refractivity contribution in [3.8, 4) is 0 Å². The summed E-state index contributed by atoms with van der Waals surface area (Å²) >= 11 is 0. The molecule has 0 saturated heterocycles. The van der Waals surface area contributed by atoms with Gasteiger partial charge in [0.25, 0.3) is 8.32 Å². The number of rotatable bonds is 5. The maximum Gasteiger partial charge on any atom is 0.308 e. The molecule has 3 rings (SSSR count). The molecule has 0 bridgehead atoms. The Morgan fingerprint density at radius 3 is 1.71 bits per heavy atom. The van der Waals surface area contributed by atoms with E-state index in [1.54, 1.807) is 0 Å². The number of ether oxygens (including phenoxy) is 1. The van der Waals surface area contributed by atoms with Gasteiger partial charge in [-0.3, -0.25) is 4.79 Å². The predicted octanol–water partition coefficient (Wildman–Crippen LogP) is 4.29. The van der Waals surface area contributed by atoms with Crippen molar-refractivity contribution in [2.75, 3.05) is 7.11 Å². The molecule has 0 aromatic heterocycles. The molecule has 0 unspecified atom stereocenters. The van der Waals surface area contributed by atoms with E-state index in [0.717, 1.165) is 25.7 Å². The van der Waals surface area contributed by atoms with E-state index >= 15 is 0 Å². The highest BCUT2D eigenvalue weighted by Crippen LogP contribution is 2.39. The number of hydrogen-bond acceptors (Lipinski definition) is 3. The van der Waals surface area contributed by atoms with Crippen LogP contribution in [0.2, 0.25) is 5.04 Å². The van der Waals surface area contributed by atoms with E-state index in [1.165, 1.54) is 17.5 Å². The smallest absolute Gasteiger partial charge is 0.308 e. The standard InChI is InChI=1S/C24H32O3Si/c1-24(2,3)28(21-11-7-5-8-12-21,22-13-9-6-10-14-22)27-20-17-15-19(16-18-20)23(25)26-4/h5-14,19-20H,15-18H2,1-4H3/t19-,20-. The molecule has 0 aliphatic heterocycles. The van der Waals surface area contributed by atoms with E-state index in [2.05, 4.69) is 81.4 Å². The van der Waals surface area contributed by atoms with Gasteiger partial charge in [0.2, 0.25) is 0 Å². The summed E-state index contributed by atoms with van der Waals surface area (Å²) in [5.41, 5.74) is 0. The van der Waals surface area contributed by atoms with Crippen LogP contribution in [0.1, 0.15) is 46.5 Å². The highest BCUT2D eigenvalue weighted by molar-refractivity contribution is 6.99. The predicted molar refractivity (Wildman–Crippen MR) is 116 cm³/mol. The molecule has 0 atom stereocenters. The second-order valence-corrected chi connectivity index (χ2v) is 13.0. The van der Waals surface area contributed by atoms with Crippen LogP contribution >= 0.6 is 0 Å². The van der Waals surface area contributed by atoms with Crippen molar-refractivity contribution in [1.82, 2.24) is 0 Å². The van der Waals surface area contributed by atoms with Crippen molar-refractivity contribution < 1.29 is 14.0 Å². The average Bonchev–Trinajstić information content (AvgIpc) is 2.72. The van der Waals surface area contributed by atoms with Gasteiger partial charge >= 0.3 is 5.97 Å². The summed E-state index contributed by atoms with van der Waals surface area (Å²) < 4.78 is 12.1. The van der Waals surface area contributed by atoms with Gasteiger partial charge in [-0.05, 0) is 41.1 Å². The van der Waals surface area contributed by atoms with Crippen molar-refractivity contribution in [2.24, 2.45) is 5.92 Å². The molecule has 150 valence electrons. The first-order chi connectivity index (χ1) is 13.4. The second kappa shape index (κ2) is 8.62. The van der Waals surface area contributed by atoms with Crippen LogP contribution in [0.5, 0.6) is 0 Å². The lowest BCUT2D eigenvalue weighted by molar-refractivity contribution is -0.147. The van der Waals surface area contributed by atoms with Gasteiger partial charge in [-0.15, -0.1) is 0 Å². The zero-order chi connectivity index (χ0) is 20.2. The summed E-state index contributed by atoms with van der Waals surface area (Å²) in [6.07, 6.45) is 3.67. The molecule has 0 N–H and O–H groups in total. The average molecular weight is 397 g/mol. The fourth-order valence-electron chi connectivity index (χ4n) is 4.52. The first-order valence-corrected chi connectivity index (χ1v) is 12.2. The van der Waals surface area contributed by atoms with Crippen LogP contribution in [0.3, 0.4) is 0 Å². The van der Waals surface area contributed by atoms with Crippen LogP contribution in [-0.2, 0) is 14.0 Å². The molecule has 1 aliphatic carbocycles. The van der Waals surface area contributed by atoms with Gasteiger partial charge in [-0.25, -0.2) is 0 Å². The lowest BCUT2D eigenvalue weighted by atomic mass is 9.88. The summed E-state index contributed by atoms with van der Waals surface area (Å²) in [5.74, 6) is -0.0621. The maximum absolute atomic E-state index is 11.9. The largest absolute Gasteiger partial charge is 0.469 e. The van der Waals surface area contributed by atoms with Crippen molar-refractivity contribution in [3.63, 3.8) is 0 Å². The van der Waals surface area contributed by atoms with Gasteiger partial charge in [0.15, 0.2) is 0 Å². The molecule has 1 saturated carbocycles. The molecule has 3 nitrogen and oxygen atoms in total. The Bertz CT molecular complexity index is 720. The number of benzene rings is 2. The summed E-state index contributed by atoms with van der Waals surface area (Å²) in [6, 6.07) is 21.5. The fourth-order valence-corrected chi connectivity index (χ4v) is 9.27. The van der Waals surface area contributed by atoms with Gasteiger partial charge in [-0.2, -0.15) is 0 Å². The van der Waals surface area contributed by atoms with E-state index in [9.17, 15) is 4.79 Å². The Morgan fingerprint density at radius 1 is 0.857 bits per heavy atom. The molecule has 0 heterocycles. The molecule has 1 fully saturated rings. The lowest BCUT2D eigenvalue weighted by Crippen LogP contribution is -2.67.